The molecule has 12 N–H and O–H groups in total. The van der Waals surface area contributed by atoms with Gasteiger partial charge in [-0.3, -0.25) is 4.79 Å². The fraction of sp³-hybridized carbons (Fsp3) is 0.889. The molecule has 480 valence electrons. The van der Waals surface area contributed by atoms with Gasteiger partial charge in [0, 0.05) is 6.42 Å². The summed E-state index contributed by atoms with van der Waals surface area (Å²) in [6, 6.07) is -0.993. The number of hydrogen-bond donors (Lipinski definition) is 12. The predicted octanol–water partition coefficient (Wildman–Crippen LogP) is 6.88. The molecule has 3 saturated heterocycles. The minimum atomic E-state index is -1.98. The summed E-state index contributed by atoms with van der Waals surface area (Å²) in [6.45, 7) is 1.71. The van der Waals surface area contributed by atoms with Crippen molar-refractivity contribution in [3.63, 3.8) is 0 Å². The van der Waals surface area contributed by atoms with E-state index in [0.717, 1.165) is 44.9 Å². The van der Waals surface area contributed by atoms with Gasteiger partial charge >= 0.3 is 0 Å². The monoisotopic (exact) mass is 1170 g/mol. The van der Waals surface area contributed by atoms with Crippen LogP contribution in [0.4, 0.5) is 0 Å². The van der Waals surface area contributed by atoms with Crippen molar-refractivity contribution in [2.75, 3.05) is 26.4 Å². The highest BCUT2D eigenvalue weighted by Gasteiger charge is 2.53. The van der Waals surface area contributed by atoms with Crippen LogP contribution in [-0.4, -0.2) is 193 Å². The molecule has 3 heterocycles. The molecule has 3 rings (SSSR count). The van der Waals surface area contributed by atoms with E-state index in [0.29, 0.717) is 12.8 Å². The summed E-state index contributed by atoms with van der Waals surface area (Å²) in [5, 5.41) is 120. The Morgan fingerprint density at radius 2 is 0.780 bits per heavy atom. The first-order valence-electron chi connectivity index (χ1n) is 32.2. The van der Waals surface area contributed by atoms with E-state index in [1.54, 1.807) is 6.08 Å². The maximum atomic E-state index is 13.4. The van der Waals surface area contributed by atoms with Gasteiger partial charge in [-0.1, -0.05) is 211 Å². The number of nitrogens with one attached hydrogen (secondary N) is 1. The Hall–Kier alpha value is -1.99. The zero-order chi connectivity index (χ0) is 59.7. The molecule has 19 nitrogen and oxygen atoms in total. The number of carbonyl (C=O) groups is 1. The van der Waals surface area contributed by atoms with E-state index in [1.165, 1.54) is 148 Å². The maximum Gasteiger partial charge on any atom is 0.220 e. The van der Waals surface area contributed by atoms with Gasteiger partial charge in [0.2, 0.25) is 5.91 Å². The van der Waals surface area contributed by atoms with E-state index in [9.17, 15) is 61.0 Å². The van der Waals surface area contributed by atoms with Crippen molar-refractivity contribution in [3.8, 4) is 0 Å². The fourth-order valence-electron chi connectivity index (χ4n) is 10.9. The highest BCUT2D eigenvalue weighted by Crippen LogP contribution is 2.33. The number of hydrogen-bond acceptors (Lipinski definition) is 18. The molecule has 3 fully saturated rings. The van der Waals surface area contributed by atoms with Crippen LogP contribution in [-0.2, 0) is 33.2 Å². The molecule has 0 aliphatic carbocycles. The molecule has 17 unspecified atom stereocenters. The number of unbranched alkanes of at least 4 members (excludes halogenated alkanes) is 28. The van der Waals surface area contributed by atoms with Gasteiger partial charge in [-0.05, 0) is 44.9 Å². The van der Waals surface area contributed by atoms with E-state index >= 15 is 0 Å². The Kier molecular flexibility index (Phi) is 41.8. The van der Waals surface area contributed by atoms with Crippen LogP contribution in [0.3, 0.4) is 0 Å². The molecule has 1 amide bonds. The third-order valence-corrected chi connectivity index (χ3v) is 16.2. The molecule has 0 aromatic carbocycles. The van der Waals surface area contributed by atoms with Gasteiger partial charge in [0.1, 0.15) is 73.2 Å². The van der Waals surface area contributed by atoms with Crippen molar-refractivity contribution in [3.05, 3.63) is 36.5 Å². The first-order valence-corrected chi connectivity index (χ1v) is 32.2. The zero-order valence-electron chi connectivity index (χ0n) is 50.2. The quantitative estimate of drug-likeness (QED) is 0.0218. The van der Waals surface area contributed by atoms with Crippen molar-refractivity contribution in [2.24, 2.45) is 0 Å². The van der Waals surface area contributed by atoms with Crippen molar-refractivity contribution in [2.45, 2.75) is 330 Å². The van der Waals surface area contributed by atoms with Crippen molar-refractivity contribution >= 4 is 5.91 Å². The Bertz CT molecular complexity index is 1640. The van der Waals surface area contributed by atoms with E-state index in [-0.39, 0.29) is 18.9 Å². The lowest BCUT2D eigenvalue weighted by atomic mass is 9.96. The van der Waals surface area contributed by atoms with E-state index in [1.807, 2.05) is 6.08 Å². The zero-order valence-corrected chi connectivity index (χ0v) is 50.2. The molecular formula is C63H115NO18. The summed E-state index contributed by atoms with van der Waals surface area (Å²) < 4.78 is 34.3. The number of ether oxygens (including phenoxy) is 6. The molecule has 82 heavy (non-hydrogen) atoms. The van der Waals surface area contributed by atoms with E-state index in [2.05, 4.69) is 43.5 Å². The van der Waals surface area contributed by atoms with Gasteiger partial charge in [0.25, 0.3) is 0 Å². The largest absolute Gasteiger partial charge is 0.394 e. The third-order valence-electron chi connectivity index (χ3n) is 16.2. The van der Waals surface area contributed by atoms with E-state index in [4.69, 9.17) is 28.4 Å². The van der Waals surface area contributed by atoms with Crippen LogP contribution < -0.4 is 5.32 Å². The Morgan fingerprint density at radius 1 is 0.427 bits per heavy atom. The molecule has 0 saturated carbocycles. The highest BCUT2D eigenvalue weighted by atomic mass is 16.8. The fourth-order valence-corrected chi connectivity index (χ4v) is 10.9. The Morgan fingerprint density at radius 3 is 1.22 bits per heavy atom. The average molecular weight is 1170 g/mol. The van der Waals surface area contributed by atoms with Gasteiger partial charge in [-0.2, -0.15) is 0 Å². The second-order valence-electron chi connectivity index (χ2n) is 23.2. The van der Waals surface area contributed by atoms with E-state index < -0.39 is 124 Å². The second kappa shape index (κ2) is 46.2. The van der Waals surface area contributed by atoms with Gasteiger partial charge in [0.15, 0.2) is 18.9 Å². The third kappa shape index (κ3) is 29.1. The molecule has 0 spiro atoms. The van der Waals surface area contributed by atoms with Crippen LogP contribution >= 0.6 is 0 Å². The van der Waals surface area contributed by atoms with Gasteiger partial charge in [-0.25, -0.2) is 0 Å². The van der Waals surface area contributed by atoms with Crippen LogP contribution in [0.5, 0.6) is 0 Å². The number of aliphatic hydroxyl groups excluding tert-OH is 11. The first kappa shape index (κ1) is 74.3. The van der Waals surface area contributed by atoms with Crippen molar-refractivity contribution < 1.29 is 89.4 Å². The average Bonchev–Trinajstić information content (AvgIpc) is 3.25. The summed E-state index contributed by atoms with van der Waals surface area (Å²) in [7, 11) is 0. The number of allylic oxidation sites excluding steroid dienone is 5. The van der Waals surface area contributed by atoms with Crippen LogP contribution in [0.15, 0.2) is 36.5 Å². The Labute approximate surface area is 491 Å². The highest BCUT2D eigenvalue weighted by molar-refractivity contribution is 5.76. The molecule has 3 aliphatic rings. The maximum absolute atomic E-state index is 13.4. The lowest BCUT2D eigenvalue weighted by Crippen LogP contribution is -2.66. The smallest absolute Gasteiger partial charge is 0.220 e. The predicted molar refractivity (Wildman–Crippen MR) is 314 cm³/mol. The standard InChI is InChI=1S/C63H115NO18/c1-3-5-7-9-11-13-15-17-19-21-23-25-27-29-31-33-35-37-39-41-51(69)64-46(47(68)40-38-36-34-32-30-28-26-24-22-20-18-16-14-12-10-8-6-4-2)45-77-61-57(75)54(72)59(49(43-66)79-61)82-63-58(76)55(73)60(50(44-67)80-63)81-62-56(74)53(71)52(70)48(42-65)78-62/h22,24,30,32,38,40,46-50,52-63,65-68,70-76H,3-21,23,25-29,31,33-37,39,41-45H2,1-2H3,(H,64,69)/b24-22+,32-30+,40-38+. The molecule has 3 aliphatic heterocycles. The lowest BCUT2D eigenvalue weighted by Gasteiger charge is -2.48. The number of rotatable bonds is 48. The lowest BCUT2D eigenvalue weighted by molar-refractivity contribution is -0.379. The molecule has 19 heteroatoms. The van der Waals surface area contributed by atoms with Gasteiger partial charge in [-0.15, -0.1) is 0 Å². The normalized spacial score (nSPS) is 29.8. The SMILES string of the molecule is CCCCCCCCCC/C=C/CC/C=C/CC/C=C/C(O)C(COC1OC(CO)C(OC2OC(CO)C(OC3OC(CO)C(O)C(O)C3O)C(O)C2O)C(O)C1O)NC(=O)CCCCCCCCCCCCCCCCCCCCC. The summed E-state index contributed by atoms with van der Waals surface area (Å²) in [4.78, 5) is 13.4. The Balaban J connectivity index is 1.50. The van der Waals surface area contributed by atoms with Crippen molar-refractivity contribution in [1.29, 1.82) is 0 Å². The van der Waals surface area contributed by atoms with Crippen LogP contribution in [0, 0.1) is 0 Å². The van der Waals surface area contributed by atoms with Crippen molar-refractivity contribution in [1.82, 2.24) is 5.32 Å². The molecule has 0 aromatic heterocycles. The minimum Gasteiger partial charge on any atom is -0.394 e. The van der Waals surface area contributed by atoms with Crippen LogP contribution in [0.2, 0.25) is 0 Å². The second-order valence-corrected chi connectivity index (χ2v) is 23.2. The molecule has 0 radical (unpaired) electrons. The van der Waals surface area contributed by atoms with Crippen LogP contribution in [0.1, 0.15) is 226 Å². The number of carbonyl (C=O) groups excluding carboxylic acids is 1. The van der Waals surface area contributed by atoms with Gasteiger partial charge < -0.3 is 89.9 Å². The molecule has 0 aromatic rings. The first-order chi connectivity index (χ1) is 39.8. The van der Waals surface area contributed by atoms with Crippen LogP contribution in [0.25, 0.3) is 0 Å². The summed E-state index contributed by atoms with van der Waals surface area (Å²) in [6.07, 6.45) is 24.1. The summed E-state index contributed by atoms with van der Waals surface area (Å²) in [5.74, 6) is -0.287. The number of amides is 1. The molecular weight excluding hydrogens is 1060 g/mol. The molecule has 0 bridgehead atoms. The number of aliphatic hydroxyl groups is 11. The minimum absolute atomic E-state index is 0.236. The summed E-state index contributed by atoms with van der Waals surface area (Å²) >= 11 is 0. The molecule has 17 atom stereocenters. The van der Waals surface area contributed by atoms with Gasteiger partial charge in [0.05, 0.1) is 38.6 Å². The topological polar surface area (TPSA) is 307 Å². The summed E-state index contributed by atoms with van der Waals surface area (Å²) in [5.41, 5.74) is 0.